The van der Waals surface area contributed by atoms with E-state index in [-0.39, 0.29) is 37.1 Å². The number of hydrogen-bond acceptors (Lipinski definition) is 9. The number of anilines is 1. The van der Waals surface area contributed by atoms with Gasteiger partial charge < -0.3 is 29.0 Å². The lowest BCUT2D eigenvalue weighted by Crippen LogP contribution is -2.47. The van der Waals surface area contributed by atoms with Gasteiger partial charge in [0, 0.05) is 13.0 Å². The Morgan fingerprint density at radius 2 is 1.42 bits per heavy atom. The number of alkyl carbamates (subject to hydrolysis) is 2. The van der Waals surface area contributed by atoms with Gasteiger partial charge in [-0.15, -0.1) is 0 Å². The number of amides is 3. The Labute approximate surface area is 291 Å². The van der Waals surface area contributed by atoms with Gasteiger partial charge in [-0.1, -0.05) is 36.4 Å². The molecule has 3 aromatic carbocycles. The first-order valence-electron chi connectivity index (χ1n) is 16.2. The van der Waals surface area contributed by atoms with Gasteiger partial charge >= 0.3 is 18.2 Å². The van der Waals surface area contributed by atoms with Gasteiger partial charge in [0.15, 0.2) is 6.10 Å². The van der Waals surface area contributed by atoms with Crippen molar-refractivity contribution in [1.29, 1.82) is 0 Å². The Bertz CT molecular complexity index is 1660. The molecule has 1 aliphatic rings. The number of ether oxygens (including phenoxy) is 4. The molecule has 1 atom stereocenters. The number of carbonyl (C=O) groups is 4. The summed E-state index contributed by atoms with van der Waals surface area (Å²) in [5, 5.41) is 14.1. The van der Waals surface area contributed by atoms with Crippen LogP contribution in [0.2, 0.25) is 0 Å². The molecule has 50 heavy (non-hydrogen) atoms. The number of benzene rings is 3. The standard InChI is InChI=1S/C37H44N4O9/c1-36(2,3)49-34(45)39-33(40-35(46)50-37(4,5)6)38-21-19-24-13-17-27(18-14-24)47-22-20-30-31(42)41(28-9-7-8-10-29(28)48-30)23-25-11-15-26(16-12-25)32(43)44/h7-18,30H,19-23H2,1-6H3,(H,43,44)(H2,38,39,40,45,46). The summed E-state index contributed by atoms with van der Waals surface area (Å²) in [5.41, 5.74) is 1.06. The summed E-state index contributed by atoms with van der Waals surface area (Å²) < 4.78 is 22.5. The van der Waals surface area contributed by atoms with E-state index < -0.39 is 35.5 Å². The Hall–Kier alpha value is -5.59. The minimum Gasteiger partial charge on any atom is -0.493 e. The second kappa shape index (κ2) is 16.2. The number of hydrogen-bond donors (Lipinski definition) is 3. The third-order valence-corrected chi connectivity index (χ3v) is 6.99. The smallest absolute Gasteiger partial charge is 0.414 e. The zero-order valence-electron chi connectivity index (χ0n) is 29.1. The molecule has 0 radical (unpaired) electrons. The Balaban J connectivity index is 1.32. The van der Waals surface area contributed by atoms with Crippen molar-refractivity contribution in [2.24, 2.45) is 4.99 Å². The highest BCUT2D eigenvalue weighted by atomic mass is 16.6. The molecule has 0 saturated heterocycles. The van der Waals surface area contributed by atoms with Crippen LogP contribution in [-0.2, 0) is 27.2 Å². The zero-order valence-corrected chi connectivity index (χ0v) is 29.1. The number of para-hydroxylation sites is 2. The molecule has 0 saturated carbocycles. The topological polar surface area (TPSA) is 165 Å². The van der Waals surface area contributed by atoms with Crippen LogP contribution in [0, 0.1) is 0 Å². The summed E-state index contributed by atoms with van der Waals surface area (Å²) in [6.07, 6.45) is -1.50. The van der Waals surface area contributed by atoms with E-state index in [1.54, 1.807) is 58.6 Å². The average molecular weight is 689 g/mol. The summed E-state index contributed by atoms with van der Waals surface area (Å²) in [6.45, 7) is 11.1. The number of carboxylic acid groups (broad SMARTS) is 1. The summed E-state index contributed by atoms with van der Waals surface area (Å²) in [6, 6.07) is 21.1. The van der Waals surface area contributed by atoms with Crippen LogP contribution in [0.3, 0.4) is 0 Å². The number of guanidine groups is 1. The van der Waals surface area contributed by atoms with Crippen molar-refractivity contribution in [1.82, 2.24) is 10.6 Å². The van der Waals surface area contributed by atoms with Gasteiger partial charge in [0.05, 0.1) is 24.4 Å². The molecule has 0 aromatic heterocycles. The molecule has 3 amide bonds. The highest BCUT2D eigenvalue weighted by Crippen LogP contribution is 2.35. The lowest BCUT2D eigenvalue weighted by atomic mass is 10.1. The monoisotopic (exact) mass is 688 g/mol. The molecule has 0 fully saturated rings. The van der Waals surface area contributed by atoms with Crippen LogP contribution < -0.4 is 25.0 Å². The third kappa shape index (κ3) is 11.5. The van der Waals surface area contributed by atoms with E-state index in [1.807, 2.05) is 48.5 Å². The number of nitrogens with one attached hydrogen (secondary N) is 2. The van der Waals surface area contributed by atoms with Crippen LogP contribution in [0.1, 0.15) is 69.4 Å². The van der Waals surface area contributed by atoms with E-state index in [2.05, 4.69) is 15.6 Å². The number of carbonyl (C=O) groups excluding carboxylic acids is 3. The molecule has 3 aromatic rings. The molecule has 266 valence electrons. The summed E-state index contributed by atoms with van der Waals surface area (Å²) in [7, 11) is 0. The maximum absolute atomic E-state index is 13.5. The summed E-state index contributed by atoms with van der Waals surface area (Å²) in [4.78, 5) is 55.4. The fourth-order valence-electron chi connectivity index (χ4n) is 4.80. The van der Waals surface area contributed by atoms with Crippen LogP contribution in [0.5, 0.6) is 11.5 Å². The average Bonchev–Trinajstić information content (AvgIpc) is 3.02. The molecule has 1 aliphatic heterocycles. The number of carboxylic acids is 1. The molecule has 13 heteroatoms. The highest BCUT2D eigenvalue weighted by Gasteiger charge is 2.34. The lowest BCUT2D eigenvalue weighted by molar-refractivity contribution is -0.127. The van der Waals surface area contributed by atoms with Crippen molar-refractivity contribution in [3.05, 3.63) is 89.5 Å². The highest BCUT2D eigenvalue weighted by molar-refractivity contribution is 6.01. The van der Waals surface area contributed by atoms with Crippen molar-refractivity contribution in [3.63, 3.8) is 0 Å². The normalized spacial score (nSPS) is 14.1. The minimum absolute atomic E-state index is 0.0924. The lowest BCUT2D eigenvalue weighted by Gasteiger charge is -2.34. The Morgan fingerprint density at radius 3 is 2.00 bits per heavy atom. The van der Waals surface area contributed by atoms with E-state index in [4.69, 9.17) is 18.9 Å². The number of aliphatic imine (C=N–C) groups is 1. The fraction of sp³-hybridized carbons (Fsp3) is 0.378. The van der Waals surface area contributed by atoms with Crippen LogP contribution in [0.25, 0.3) is 0 Å². The van der Waals surface area contributed by atoms with Crippen LogP contribution >= 0.6 is 0 Å². The molecular formula is C37H44N4O9. The third-order valence-electron chi connectivity index (χ3n) is 6.99. The maximum atomic E-state index is 13.5. The van der Waals surface area contributed by atoms with Gasteiger partial charge in [0.1, 0.15) is 22.7 Å². The second-order valence-electron chi connectivity index (χ2n) is 13.5. The molecule has 3 N–H and O–H groups in total. The van der Waals surface area contributed by atoms with E-state index >= 15 is 0 Å². The zero-order chi connectivity index (χ0) is 36.5. The first-order valence-corrected chi connectivity index (χ1v) is 16.2. The molecule has 0 spiro atoms. The molecular weight excluding hydrogens is 644 g/mol. The number of aromatic carboxylic acids is 1. The van der Waals surface area contributed by atoms with Gasteiger partial charge in [-0.05, 0) is 95.5 Å². The van der Waals surface area contributed by atoms with Crippen molar-refractivity contribution in [2.45, 2.75) is 78.2 Å². The van der Waals surface area contributed by atoms with Crippen molar-refractivity contribution in [2.75, 3.05) is 18.1 Å². The summed E-state index contributed by atoms with van der Waals surface area (Å²) >= 11 is 0. The van der Waals surface area contributed by atoms with E-state index in [9.17, 15) is 24.3 Å². The Kier molecular flexibility index (Phi) is 12.1. The van der Waals surface area contributed by atoms with E-state index in [0.717, 1.165) is 11.1 Å². The molecule has 0 bridgehead atoms. The first-order chi connectivity index (χ1) is 23.6. The van der Waals surface area contributed by atoms with Gasteiger partial charge in [-0.3, -0.25) is 20.4 Å². The van der Waals surface area contributed by atoms with Gasteiger partial charge in [-0.2, -0.15) is 0 Å². The molecule has 4 rings (SSSR count). The van der Waals surface area contributed by atoms with Gasteiger partial charge in [0.25, 0.3) is 5.91 Å². The van der Waals surface area contributed by atoms with Gasteiger partial charge in [0.2, 0.25) is 5.96 Å². The predicted molar refractivity (Wildman–Crippen MR) is 187 cm³/mol. The fourth-order valence-corrected chi connectivity index (χ4v) is 4.80. The first kappa shape index (κ1) is 37.2. The minimum atomic E-state index is -1.01. The quantitative estimate of drug-likeness (QED) is 0.169. The molecule has 13 nitrogen and oxygen atoms in total. The van der Waals surface area contributed by atoms with Gasteiger partial charge in [-0.25, -0.2) is 14.4 Å². The second-order valence-corrected chi connectivity index (χ2v) is 13.5. The Morgan fingerprint density at radius 1 is 0.840 bits per heavy atom. The maximum Gasteiger partial charge on any atom is 0.414 e. The van der Waals surface area contributed by atoms with Crippen molar-refractivity contribution < 1.29 is 43.2 Å². The predicted octanol–water partition coefficient (Wildman–Crippen LogP) is 6.10. The number of fused-ring (bicyclic) bond motifs is 1. The van der Waals surface area contributed by atoms with Crippen molar-refractivity contribution >= 4 is 35.7 Å². The largest absolute Gasteiger partial charge is 0.493 e. The SMILES string of the molecule is CC(C)(C)OC(=O)NC(=NCCc1ccc(OCCC2Oc3ccccc3N(Cc3ccc(C(=O)O)cc3)C2=O)cc1)NC(=O)OC(C)(C)C. The van der Waals surface area contributed by atoms with Crippen LogP contribution in [0.15, 0.2) is 77.8 Å². The molecule has 1 heterocycles. The van der Waals surface area contributed by atoms with Crippen LogP contribution in [-0.4, -0.2) is 65.6 Å². The molecule has 1 unspecified atom stereocenters. The molecule has 0 aliphatic carbocycles. The number of rotatable bonds is 10. The van der Waals surface area contributed by atoms with Crippen LogP contribution in [0.4, 0.5) is 15.3 Å². The van der Waals surface area contributed by atoms with E-state index in [0.29, 0.717) is 30.0 Å². The number of nitrogens with zero attached hydrogens (tertiary/aromatic N) is 2. The van der Waals surface area contributed by atoms with Crippen molar-refractivity contribution in [3.8, 4) is 11.5 Å². The summed E-state index contributed by atoms with van der Waals surface area (Å²) in [5.74, 6) is -0.134. The van der Waals surface area contributed by atoms with E-state index in [1.165, 1.54) is 12.1 Å².